The van der Waals surface area contributed by atoms with Crippen LogP contribution in [-0.2, 0) is 6.42 Å². The van der Waals surface area contributed by atoms with Crippen LogP contribution >= 0.6 is 46.1 Å². The lowest BCUT2D eigenvalue weighted by atomic mass is 10.1. The van der Waals surface area contributed by atoms with Gasteiger partial charge in [-0.15, -0.1) is 0 Å². The van der Waals surface area contributed by atoms with Crippen LogP contribution in [0.25, 0.3) is 10.2 Å². The lowest BCUT2D eigenvalue weighted by molar-refractivity contribution is 0.0977. The maximum atomic E-state index is 12.2. The van der Waals surface area contributed by atoms with E-state index in [4.69, 9.17) is 12.2 Å². The first-order valence-corrected chi connectivity index (χ1v) is 10.6. The molecule has 2 aromatic carbocycles. The fourth-order valence-corrected chi connectivity index (χ4v) is 4.01. The summed E-state index contributed by atoms with van der Waals surface area (Å²) in [6.45, 7) is 2.19. The SMILES string of the molecule is CCCCc1ccc2nc(NC(=S)NC(=O)c3ccc(I)cc3)sc2c1. The van der Waals surface area contributed by atoms with Crippen molar-refractivity contribution in [2.75, 3.05) is 5.32 Å². The largest absolute Gasteiger partial charge is 0.308 e. The van der Waals surface area contributed by atoms with E-state index in [1.807, 2.05) is 18.2 Å². The molecule has 1 aromatic heterocycles. The van der Waals surface area contributed by atoms with Crippen molar-refractivity contribution in [3.63, 3.8) is 0 Å². The number of aromatic nitrogens is 1. The Balaban J connectivity index is 1.65. The van der Waals surface area contributed by atoms with E-state index in [0.717, 1.165) is 20.2 Å². The molecule has 0 atom stereocenters. The summed E-state index contributed by atoms with van der Waals surface area (Å²) >= 11 is 8.98. The summed E-state index contributed by atoms with van der Waals surface area (Å²) in [5, 5.41) is 6.63. The van der Waals surface area contributed by atoms with Crippen LogP contribution in [-0.4, -0.2) is 16.0 Å². The zero-order valence-corrected chi connectivity index (χ0v) is 18.0. The first kappa shape index (κ1) is 19.2. The number of carbonyl (C=O) groups is 1. The fourth-order valence-electron chi connectivity index (χ4n) is 2.46. The van der Waals surface area contributed by atoms with Gasteiger partial charge >= 0.3 is 0 Å². The highest BCUT2D eigenvalue weighted by atomic mass is 127. The van der Waals surface area contributed by atoms with Crippen LogP contribution in [0.1, 0.15) is 35.7 Å². The van der Waals surface area contributed by atoms with E-state index in [1.54, 1.807) is 12.1 Å². The van der Waals surface area contributed by atoms with Crippen molar-refractivity contribution in [3.8, 4) is 0 Å². The molecule has 0 aliphatic rings. The topological polar surface area (TPSA) is 54.0 Å². The minimum atomic E-state index is -0.234. The van der Waals surface area contributed by atoms with Crippen molar-refractivity contribution in [2.45, 2.75) is 26.2 Å². The Morgan fingerprint density at radius 1 is 1.23 bits per heavy atom. The molecule has 4 nitrogen and oxygen atoms in total. The van der Waals surface area contributed by atoms with Crippen molar-refractivity contribution in [1.82, 2.24) is 10.3 Å². The second kappa shape index (κ2) is 8.88. The lowest BCUT2D eigenvalue weighted by Crippen LogP contribution is -2.34. The summed E-state index contributed by atoms with van der Waals surface area (Å²) in [6, 6.07) is 13.7. The number of hydrogen-bond acceptors (Lipinski definition) is 4. The van der Waals surface area contributed by atoms with Gasteiger partial charge < -0.3 is 5.32 Å². The zero-order chi connectivity index (χ0) is 18.5. The van der Waals surface area contributed by atoms with Gasteiger partial charge in [-0.05, 0) is 89.6 Å². The number of nitrogens with zero attached hydrogens (tertiary/aromatic N) is 1. The maximum Gasteiger partial charge on any atom is 0.257 e. The predicted octanol–water partition coefficient (Wildman–Crippen LogP) is 5.37. The molecule has 134 valence electrons. The van der Waals surface area contributed by atoms with Crippen LogP contribution in [0.3, 0.4) is 0 Å². The van der Waals surface area contributed by atoms with Gasteiger partial charge in [-0.25, -0.2) is 4.98 Å². The summed E-state index contributed by atoms with van der Waals surface area (Å²) in [5.41, 5.74) is 2.83. The molecule has 1 amide bonds. The molecule has 0 aliphatic carbocycles. The third-order valence-electron chi connectivity index (χ3n) is 3.83. The molecule has 3 rings (SSSR count). The molecule has 7 heteroatoms. The summed E-state index contributed by atoms with van der Waals surface area (Å²) < 4.78 is 2.19. The number of fused-ring (bicyclic) bond motifs is 1. The number of thiocarbonyl (C=S) groups is 1. The molecule has 0 saturated heterocycles. The molecular formula is C19H18IN3OS2. The number of benzene rings is 2. The quantitative estimate of drug-likeness (QED) is 0.369. The number of nitrogens with one attached hydrogen (secondary N) is 2. The first-order valence-electron chi connectivity index (χ1n) is 8.32. The number of thiazole rings is 1. The minimum absolute atomic E-state index is 0.234. The maximum absolute atomic E-state index is 12.2. The number of amides is 1. The number of aryl methyl sites for hydroxylation is 1. The van der Waals surface area contributed by atoms with E-state index >= 15 is 0 Å². The van der Waals surface area contributed by atoms with Crippen molar-refractivity contribution in [2.24, 2.45) is 0 Å². The van der Waals surface area contributed by atoms with Gasteiger partial charge in [0.25, 0.3) is 5.91 Å². The van der Waals surface area contributed by atoms with Crippen molar-refractivity contribution < 1.29 is 4.79 Å². The van der Waals surface area contributed by atoms with Crippen molar-refractivity contribution in [1.29, 1.82) is 0 Å². The van der Waals surface area contributed by atoms with E-state index in [2.05, 4.69) is 57.3 Å². The van der Waals surface area contributed by atoms with Crippen LogP contribution in [0, 0.1) is 3.57 Å². The van der Waals surface area contributed by atoms with Gasteiger partial charge in [0.2, 0.25) is 0 Å². The van der Waals surface area contributed by atoms with Crippen molar-refractivity contribution in [3.05, 3.63) is 57.2 Å². The number of rotatable bonds is 5. The normalized spacial score (nSPS) is 10.7. The van der Waals surface area contributed by atoms with Crippen LogP contribution < -0.4 is 10.6 Å². The van der Waals surface area contributed by atoms with Gasteiger partial charge in [0, 0.05) is 9.13 Å². The molecule has 0 aliphatic heterocycles. The van der Waals surface area contributed by atoms with Gasteiger partial charge in [-0.3, -0.25) is 10.1 Å². The van der Waals surface area contributed by atoms with Crippen molar-refractivity contribution >= 4 is 72.5 Å². The van der Waals surface area contributed by atoms with Gasteiger partial charge in [-0.1, -0.05) is 30.7 Å². The average molecular weight is 495 g/mol. The Kier molecular flexibility index (Phi) is 6.55. The molecule has 1 heterocycles. The van der Waals surface area contributed by atoms with Gasteiger partial charge in [0.15, 0.2) is 10.2 Å². The standard InChI is InChI=1S/C19H18IN3OS2/c1-2-3-4-12-5-10-15-16(11-12)26-19(21-15)23-18(25)22-17(24)13-6-8-14(20)9-7-13/h5-11H,2-4H2,1H3,(H2,21,22,23,24,25). The summed E-state index contributed by atoms with van der Waals surface area (Å²) in [4.78, 5) is 16.7. The van der Waals surface area contributed by atoms with Gasteiger partial charge in [0.1, 0.15) is 0 Å². The first-order chi connectivity index (χ1) is 12.5. The highest BCUT2D eigenvalue weighted by molar-refractivity contribution is 14.1. The number of unbranched alkanes of at least 4 members (excludes halogenated alkanes) is 1. The molecule has 0 saturated carbocycles. The molecule has 0 bridgehead atoms. The Hall–Kier alpha value is -1.58. The average Bonchev–Trinajstić information content (AvgIpc) is 3.01. The van der Waals surface area contributed by atoms with Crippen LogP contribution in [0.2, 0.25) is 0 Å². The second-order valence-electron chi connectivity index (χ2n) is 5.84. The highest BCUT2D eigenvalue weighted by Gasteiger charge is 2.10. The van der Waals surface area contributed by atoms with E-state index < -0.39 is 0 Å². The second-order valence-corrected chi connectivity index (χ2v) is 8.52. The zero-order valence-electron chi connectivity index (χ0n) is 14.2. The smallest absolute Gasteiger partial charge is 0.257 e. The van der Waals surface area contributed by atoms with E-state index in [0.29, 0.717) is 10.7 Å². The number of anilines is 1. The molecule has 0 spiro atoms. The molecule has 3 aromatic rings. The third kappa shape index (κ3) is 4.99. The van der Waals surface area contributed by atoms with Gasteiger partial charge in [-0.2, -0.15) is 0 Å². The monoisotopic (exact) mass is 495 g/mol. The number of hydrogen-bond donors (Lipinski definition) is 2. The summed E-state index contributed by atoms with van der Waals surface area (Å²) in [6.07, 6.45) is 3.45. The highest BCUT2D eigenvalue weighted by Crippen LogP contribution is 2.27. The Morgan fingerprint density at radius 3 is 2.73 bits per heavy atom. The molecule has 26 heavy (non-hydrogen) atoms. The third-order valence-corrected chi connectivity index (χ3v) is 5.68. The summed E-state index contributed by atoms with van der Waals surface area (Å²) in [7, 11) is 0. The van der Waals surface area contributed by atoms with Gasteiger partial charge in [0.05, 0.1) is 10.2 Å². The van der Waals surface area contributed by atoms with Crippen LogP contribution in [0.5, 0.6) is 0 Å². The van der Waals surface area contributed by atoms with E-state index in [1.165, 1.54) is 29.7 Å². The van der Waals surface area contributed by atoms with Crippen LogP contribution in [0.4, 0.5) is 5.13 Å². The van der Waals surface area contributed by atoms with Crippen LogP contribution in [0.15, 0.2) is 42.5 Å². The van der Waals surface area contributed by atoms with E-state index in [-0.39, 0.29) is 11.0 Å². The molecular weight excluding hydrogens is 477 g/mol. The Labute approximate surface area is 175 Å². The molecule has 0 radical (unpaired) electrons. The predicted molar refractivity (Wildman–Crippen MR) is 121 cm³/mol. The molecule has 2 N–H and O–H groups in total. The Bertz CT molecular complexity index is 938. The number of halogens is 1. The lowest BCUT2D eigenvalue weighted by Gasteiger charge is -2.07. The fraction of sp³-hybridized carbons (Fsp3) is 0.211. The molecule has 0 unspecified atom stereocenters. The minimum Gasteiger partial charge on any atom is -0.308 e. The number of carbonyl (C=O) groups excluding carboxylic acids is 1. The van der Waals surface area contributed by atoms with E-state index in [9.17, 15) is 4.79 Å². The molecule has 0 fully saturated rings. The Morgan fingerprint density at radius 2 is 2.00 bits per heavy atom. The summed E-state index contributed by atoms with van der Waals surface area (Å²) in [5.74, 6) is -0.234.